The van der Waals surface area contributed by atoms with E-state index in [0.29, 0.717) is 12.1 Å². The zero-order valence-electron chi connectivity index (χ0n) is 18.1. The van der Waals surface area contributed by atoms with Crippen LogP contribution in [0.5, 0.6) is 5.75 Å². The fourth-order valence-corrected chi connectivity index (χ4v) is 4.57. The van der Waals surface area contributed by atoms with Crippen LogP contribution in [0.4, 0.5) is 5.69 Å². The van der Waals surface area contributed by atoms with Crippen LogP contribution in [-0.2, 0) is 6.54 Å². The van der Waals surface area contributed by atoms with E-state index in [0.717, 1.165) is 40.4 Å². The van der Waals surface area contributed by atoms with E-state index >= 15 is 0 Å². The Morgan fingerprint density at radius 1 is 1.03 bits per heavy atom. The van der Waals surface area contributed by atoms with Crippen molar-refractivity contribution in [2.75, 3.05) is 7.11 Å². The lowest BCUT2D eigenvalue weighted by Crippen LogP contribution is -2.22. The van der Waals surface area contributed by atoms with Gasteiger partial charge in [-0.15, -0.1) is 0 Å². The fraction of sp³-hybridized carbons (Fsp3) is 0.231. The Labute approximate surface area is 187 Å². The van der Waals surface area contributed by atoms with Gasteiger partial charge in [0, 0.05) is 33.2 Å². The Morgan fingerprint density at radius 3 is 2.55 bits per heavy atom. The molecule has 0 radical (unpaired) electrons. The highest BCUT2D eigenvalue weighted by molar-refractivity contribution is 7.99. The second kappa shape index (κ2) is 9.40. The first kappa shape index (κ1) is 21.2. The average Bonchev–Trinajstić information content (AvgIpc) is 2.94. The largest absolute Gasteiger partial charge is 0.497 e. The van der Waals surface area contributed by atoms with Crippen LogP contribution >= 0.6 is 11.8 Å². The predicted octanol–water partition coefficient (Wildman–Crippen LogP) is 6.32. The SMILES string of the molecule is CCCC1=Nc2cc(C(=O)NCc3ccc(OC)cc3)ccc2Sc2ccc(C)cc21. The highest BCUT2D eigenvalue weighted by atomic mass is 32.2. The van der Waals surface area contributed by atoms with Crippen molar-refractivity contribution in [1.29, 1.82) is 0 Å². The first-order valence-electron chi connectivity index (χ1n) is 10.5. The number of fused-ring (bicyclic) bond motifs is 2. The van der Waals surface area contributed by atoms with Crippen LogP contribution in [0.25, 0.3) is 0 Å². The lowest BCUT2D eigenvalue weighted by Gasteiger charge is -2.09. The van der Waals surface area contributed by atoms with Crippen LogP contribution in [-0.4, -0.2) is 18.7 Å². The van der Waals surface area contributed by atoms with Crippen molar-refractivity contribution in [2.45, 2.75) is 43.0 Å². The number of nitrogens with zero attached hydrogens (tertiary/aromatic N) is 1. The molecule has 0 spiro atoms. The van der Waals surface area contributed by atoms with E-state index in [1.165, 1.54) is 16.0 Å². The molecule has 4 nitrogen and oxygen atoms in total. The predicted molar refractivity (Wildman–Crippen MR) is 127 cm³/mol. The summed E-state index contributed by atoms with van der Waals surface area (Å²) >= 11 is 1.72. The molecule has 158 valence electrons. The summed E-state index contributed by atoms with van der Waals surface area (Å²) in [6, 6.07) is 20.0. The second-order valence-corrected chi connectivity index (χ2v) is 8.71. The molecule has 3 aromatic rings. The third kappa shape index (κ3) is 4.83. The maximum Gasteiger partial charge on any atom is 0.251 e. The van der Waals surface area contributed by atoms with Crippen LogP contribution < -0.4 is 10.1 Å². The number of carbonyl (C=O) groups is 1. The molecule has 0 saturated heterocycles. The van der Waals surface area contributed by atoms with E-state index < -0.39 is 0 Å². The molecular formula is C26H26N2O2S. The van der Waals surface area contributed by atoms with Gasteiger partial charge < -0.3 is 10.1 Å². The summed E-state index contributed by atoms with van der Waals surface area (Å²) in [5.41, 5.74) is 6.02. The fourth-order valence-electron chi connectivity index (χ4n) is 3.57. The van der Waals surface area contributed by atoms with Gasteiger partial charge in [-0.05, 0) is 61.4 Å². The molecule has 0 aliphatic carbocycles. The number of benzene rings is 3. The molecule has 1 N–H and O–H groups in total. The Morgan fingerprint density at radius 2 is 1.81 bits per heavy atom. The van der Waals surface area contributed by atoms with Gasteiger partial charge in [0.05, 0.1) is 12.8 Å². The van der Waals surface area contributed by atoms with Crippen molar-refractivity contribution >= 4 is 29.1 Å². The van der Waals surface area contributed by atoms with E-state index in [-0.39, 0.29) is 5.91 Å². The van der Waals surface area contributed by atoms with Gasteiger partial charge in [0.1, 0.15) is 5.75 Å². The molecule has 0 unspecified atom stereocenters. The molecule has 0 aromatic heterocycles. The molecule has 5 heteroatoms. The average molecular weight is 431 g/mol. The van der Waals surface area contributed by atoms with Gasteiger partial charge in [0.2, 0.25) is 0 Å². The number of hydrogen-bond donors (Lipinski definition) is 1. The van der Waals surface area contributed by atoms with E-state index in [4.69, 9.17) is 9.73 Å². The van der Waals surface area contributed by atoms with Crippen LogP contribution in [0.2, 0.25) is 0 Å². The Hall–Kier alpha value is -3.05. The number of rotatable bonds is 6. The van der Waals surface area contributed by atoms with Gasteiger partial charge in [0.25, 0.3) is 5.91 Å². The number of methoxy groups -OCH3 is 1. The van der Waals surface area contributed by atoms with Crippen LogP contribution in [0.1, 0.15) is 46.8 Å². The van der Waals surface area contributed by atoms with Crippen molar-refractivity contribution in [3.05, 3.63) is 82.9 Å². The molecule has 1 aliphatic heterocycles. The summed E-state index contributed by atoms with van der Waals surface area (Å²) in [4.78, 5) is 20.1. The van der Waals surface area contributed by atoms with Crippen LogP contribution in [0.15, 0.2) is 75.4 Å². The molecule has 0 bridgehead atoms. The zero-order chi connectivity index (χ0) is 21.8. The maximum atomic E-state index is 12.8. The first-order chi connectivity index (χ1) is 15.1. The van der Waals surface area contributed by atoms with Gasteiger partial charge in [-0.3, -0.25) is 9.79 Å². The minimum Gasteiger partial charge on any atom is -0.497 e. The number of carbonyl (C=O) groups excluding carboxylic acids is 1. The van der Waals surface area contributed by atoms with Gasteiger partial charge in [-0.25, -0.2) is 0 Å². The topological polar surface area (TPSA) is 50.7 Å². The summed E-state index contributed by atoms with van der Waals surface area (Å²) in [5, 5.41) is 3.00. The number of nitrogens with one attached hydrogen (secondary N) is 1. The third-order valence-corrected chi connectivity index (χ3v) is 6.38. The molecule has 4 rings (SSSR count). The zero-order valence-corrected chi connectivity index (χ0v) is 18.9. The standard InChI is InChI=1S/C26H26N2O2S/c1-4-5-22-21-14-17(2)6-12-24(21)31-25-13-9-19(15-23(25)28-22)26(29)27-16-18-7-10-20(30-3)11-8-18/h6-15H,4-5,16H2,1-3H3,(H,27,29). The van der Waals surface area contributed by atoms with E-state index in [2.05, 4.69) is 37.4 Å². The van der Waals surface area contributed by atoms with Crippen molar-refractivity contribution in [3.63, 3.8) is 0 Å². The van der Waals surface area contributed by atoms with Gasteiger partial charge in [-0.2, -0.15) is 0 Å². The molecular weight excluding hydrogens is 404 g/mol. The summed E-state index contributed by atoms with van der Waals surface area (Å²) in [6.07, 6.45) is 1.93. The van der Waals surface area contributed by atoms with Crippen molar-refractivity contribution < 1.29 is 9.53 Å². The Kier molecular flexibility index (Phi) is 6.42. The van der Waals surface area contributed by atoms with E-state index in [1.54, 1.807) is 18.9 Å². The smallest absolute Gasteiger partial charge is 0.251 e. The lowest BCUT2D eigenvalue weighted by atomic mass is 10.0. The van der Waals surface area contributed by atoms with Crippen molar-refractivity contribution in [3.8, 4) is 5.75 Å². The summed E-state index contributed by atoms with van der Waals surface area (Å²) < 4.78 is 5.18. The minimum absolute atomic E-state index is 0.103. The number of ether oxygens (including phenoxy) is 1. The molecule has 1 heterocycles. The Bertz CT molecular complexity index is 1140. The van der Waals surface area contributed by atoms with Gasteiger partial charge >= 0.3 is 0 Å². The molecule has 0 atom stereocenters. The van der Waals surface area contributed by atoms with E-state index in [9.17, 15) is 4.79 Å². The second-order valence-electron chi connectivity index (χ2n) is 7.62. The lowest BCUT2D eigenvalue weighted by molar-refractivity contribution is 0.0951. The molecule has 1 aliphatic rings. The van der Waals surface area contributed by atoms with Crippen molar-refractivity contribution in [1.82, 2.24) is 5.32 Å². The molecule has 0 saturated carbocycles. The normalized spacial score (nSPS) is 12.3. The minimum atomic E-state index is -0.103. The first-order valence-corrected chi connectivity index (χ1v) is 11.3. The number of aliphatic imine (C=N–C) groups is 1. The summed E-state index contributed by atoms with van der Waals surface area (Å²) in [5.74, 6) is 0.698. The number of hydrogen-bond acceptors (Lipinski definition) is 4. The van der Waals surface area contributed by atoms with Crippen LogP contribution in [0.3, 0.4) is 0 Å². The third-order valence-electron chi connectivity index (χ3n) is 5.24. The summed E-state index contributed by atoms with van der Waals surface area (Å²) in [6.45, 7) is 4.74. The molecule has 1 amide bonds. The number of amides is 1. The van der Waals surface area contributed by atoms with Crippen LogP contribution in [0, 0.1) is 6.92 Å². The maximum absolute atomic E-state index is 12.8. The molecule has 0 fully saturated rings. The van der Waals surface area contributed by atoms with E-state index in [1.807, 2.05) is 42.5 Å². The monoisotopic (exact) mass is 430 g/mol. The highest BCUT2D eigenvalue weighted by Crippen LogP contribution is 2.41. The quantitative estimate of drug-likeness (QED) is 0.498. The Balaban J connectivity index is 1.58. The van der Waals surface area contributed by atoms with Gasteiger partial charge in [0.15, 0.2) is 0 Å². The highest BCUT2D eigenvalue weighted by Gasteiger charge is 2.18. The van der Waals surface area contributed by atoms with Crippen molar-refractivity contribution in [2.24, 2.45) is 4.99 Å². The van der Waals surface area contributed by atoms with Gasteiger partial charge in [-0.1, -0.05) is 48.9 Å². The number of aryl methyl sites for hydroxylation is 1. The molecule has 31 heavy (non-hydrogen) atoms. The summed E-state index contributed by atoms with van der Waals surface area (Å²) in [7, 11) is 1.64. The molecule has 3 aromatic carbocycles.